The third-order valence-electron chi connectivity index (χ3n) is 7.08. The summed E-state index contributed by atoms with van der Waals surface area (Å²) in [6.07, 6.45) is 2.56. The molecule has 0 aliphatic rings. The number of ether oxygens (including phenoxy) is 1. The number of anilines is 3. The smallest absolute Gasteiger partial charge is 0.331 e. The SMILES string of the molecule is CC(=O)O/N=C(/C)c1ccc(N(c2ccc(/C(C)=N\OC(C)=O)c(OCCc3ccc[nH]3)c2)c2cccc3ccccc23)cc1. The van der Waals surface area contributed by atoms with Crippen molar-refractivity contribution in [1.29, 1.82) is 0 Å². The predicted molar refractivity (Wildman–Crippen MR) is 177 cm³/mol. The van der Waals surface area contributed by atoms with Gasteiger partial charge in [0, 0.05) is 60.5 Å². The molecular formula is C36H34N4O5. The number of fused-ring (bicyclic) bond motifs is 1. The first kappa shape index (κ1) is 30.7. The van der Waals surface area contributed by atoms with E-state index in [1.54, 1.807) is 13.8 Å². The average molecular weight is 603 g/mol. The maximum Gasteiger partial charge on any atom is 0.331 e. The van der Waals surface area contributed by atoms with E-state index in [0.717, 1.165) is 39.1 Å². The Hall–Kier alpha value is -5.70. The van der Waals surface area contributed by atoms with Crippen molar-refractivity contribution < 1.29 is 24.0 Å². The van der Waals surface area contributed by atoms with Crippen molar-refractivity contribution in [1.82, 2.24) is 4.98 Å². The molecule has 0 spiro atoms. The van der Waals surface area contributed by atoms with Gasteiger partial charge in [0.2, 0.25) is 0 Å². The molecule has 45 heavy (non-hydrogen) atoms. The number of hydrogen-bond acceptors (Lipinski definition) is 8. The van der Waals surface area contributed by atoms with Crippen molar-refractivity contribution in [2.45, 2.75) is 34.1 Å². The number of carbonyl (C=O) groups is 2. The number of benzene rings is 4. The molecule has 0 aliphatic carbocycles. The third-order valence-corrected chi connectivity index (χ3v) is 7.08. The summed E-state index contributed by atoms with van der Waals surface area (Å²) in [5, 5.41) is 10.1. The van der Waals surface area contributed by atoms with Crippen LogP contribution in [0.15, 0.2) is 114 Å². The zero-order valence-electron chi connectivity index (χ0n) is 25.6. The van der Waals surface area contributed by atoms with Crippen LogP contribution in [0.3, 0.4) is 0 Å². The van der Waals surface area contributed by atoms with Gasteiger partial charge in [-0.2, -0.15) is 0 Å². The van der Waals surface area contributed by atoms with Crippen molar-refractivity contribution >= 4 is 51.2 Å². The van der Waals surface area contributed by atoms with E-state index in [1.807, 2.05) is 79.0 Å². The monoisotopic (exact) mass is 602 g/mol. The van der Waals surface area contributed by atoms with Crippen molar-refractivity contribution in [3.05, 3.63) is 120 Å². The Balaban J connectivity index is 1.60. The van der Waals surface area contributed by atoms with Gasteiger partial charge in [-0.15, -0.1) is 0 Å². The molecule has 9 nitrogen and oxygen atoms in total. The van der Waals surface area contributed by atoms with E-state index in [1.165, 1.54) is 13.8 Å². The highest BCUT2D eigenvalue weighted by atomic mass is 16.7. The van der Waals surface area contributed by atoms with Crippen LogP contribution in [0.5, 0.6) is 5.75 Å². The topological polar surface area (TPSA) is 106 Å². The molecule has 5 aromatic rings. The molecular weight excluding hydrogens is 568 g/mol. The summed E-state index contributed by atoms with van der Waals surface area (Å²) >= 11 is 0. The van der Waals surface area contributed by atoms with Crippen LogP contribution in [0, 0.1) is 0 Å². The molecule has 9 heteroatoms. The fraction of sp³-hybridized carbons (Fsp3) is 0.167. The standard InChI is InChI=1S/C36H34N4O5/c1-24(38-44-26(3)41)28-14-16-31(17-15-28)40(35-13-7-10-29-9-5-6-12-34(29)35)32-18-19-33(25(2)39-45-27(4)42)36(23-32)43-22-20-30-11-8-21-37-30/h5-19,21,23,37H,20,22H2,1-4H3/b38-24-,39-25-. The molecule has 0 amide bonds. The maximum atomic E-state index is 11.5. The first-order valence-electron chi connectivity index (χ1n) is 14.5. The molecule has 5 rings (SSSR count). The van der Waals surface area contributed by atoms with E-state index in [2.05, 4.69) is 44.5 Å². The number of hydrogen-bond donors (Lipinski definition) is 1. The molecule has 0 atom stereocenters. The highest BCUT2D eigenvalue weighted by Gasteiger charge is 2.19. The first-order chi connectivity index (χ1) is 21.8. The molecule has 1 heterocycles. The minimum absolute atomic E-state index is 0.418. The molecule has 0 aliphatic heterocycles. The molecule has 0 bridgehead atoms. The van der Waals surface area contributed by atoms with Crippen LogP contribution in [0.2, 0.25) is 0 Å². The lowest BCUT2D eigenvalue weighted by molar-refractivity contribution is -0.141. The predicted octanol–water partition coefficient (Wildman–Crippen LogP) is 7.83. The lowest BCUT2D eigenvalue weighted by atomic mass is 10.0. The Labute approximate surface area is 261 Å². The summed E-state index contributed by atoms with van der Waals surface area (Å²) in [7, 11) is 0. The molecule has 1 N–H and O–H groups in total. The van der Waals surface area contributed by atoms with Crippen LogP contribution in [0.4, 0.5) is 17.1 Å². The second kappa shape index (κ2) is 14.2. The summed E-state index contributed by atoms with van der Waals surface area (Å²) in [4.78, 5) is 37.9. The quantitative estimate of drug-likeness (QED) is 0.0938. The van der Waals surface area contributed by atoms with Gasteiger partial charge >= 0.3 is 11.9 Å². The summed E-state index contributed by atoms with van der Waals surface area (Å²) in [6.45, 7) is 6.60. The molecule has 4 aromatic carbocycles. The van der Waals surface area contributed by atoms with Crippen LogP contribution in [-0.4, -0.2) is 35.0 Å². The van der Waals surface area contributed by atoms with E-state index in [4.69, 9.17) is 14.4 Å². The Morgan fingerprint density at radius 3 is 2.13 bits per heavy atom. The average Bonchev–Trinajstić information content (AvgIpc) is 3.57. The molecule has 0 fully saturated rings. The number of aromatic nitrogens is 1. The van der Waals surface area contributed by atoms with Crippen LogP contribution < -0.4 is 9.64 Å². The molecule has 0 saturated heterocycles. The Morgan fingerprint density at radius 1 is 0.733 bits per heavy atom. The summed E-state index contributed by atoms with van der Waals surface area (Å²) in [5.41, 5.74) is 6.39. The normalized spacial score (nSPS) is 11.7. The zero-order chi connectivity index (χ0) is 31.8. The minimum Gasteiger partial charge on any atom is -0.492 e. The minimum atomic E-state index is -0.501. The van der Waals surface area contributed by atoms with Gasteiger partial charge in [-0.1, -0.05) is 58.8 Å². The zero-order valence-corrected chi connectivity index (χ0v) is 25.6. The molecule has 1 aromatic heterocycles. The van der Waals surface area contributed by atoms with Gasteiger partial charge in [-0.25, -0.2) is 9.59 Å². The summed E-state index contributed by atoms with van der Waals surface area (Å²) < 4.78 is 6.36. The summed E-state index contributed by atoms with van der Waals surface area (Å²) in [5.74, 6) is -0.381. The van der Waals surface area contributed by atoms with Gasteiger partial charge in [0.1, 0.15) is 5.75 Å². The van der Waals surface area contributed by atoms with E-state index in [-0.39, 0.29) is 0 Å². The Kier molecular flexibility index (Phi) is 9.69. The van der Waals surface area contributed by atoms with Gasteiger partial charge in [0.05, 0.1) is 23.7 Å². The number of H-pyrrole nitrogens is 1. The van der Waals surface area contributed by atoms with Crippen molar-refractivity contribution in [3.8, 4) is 5.75 Å². The van der Waals surface area contributed by atoms with Gasteiger partial charge in [-0.05, 0) is 67.3 Å². The van der Waals surface area contributed by atoms with Gasteiger partial charge in [-0.3, -0.25) is 0 Å². The van der Waals surface area contributed by atoms with Gasteiger partial charge in [0.15, 0.2) is 0 Å². The van der Waals surface area contributed by atoms with Crippen molar-refractivity contribution in [3.63, 3.8) is 0 Å². The van der Waals surface area contributed by atoms with E-state index in [0.29, 0.717) is 35.8 Å². The second-order valence-corrected chi connectivity index (χ2v) is 10.4. The van der Waals surface area contributed by atoms with Crippen LogP contribution in [0.1, 0.15) is 44.5 Å². The van der Waals surface area contributed by atoms with Crippen molar-refractivity contribution in [2.24, 2.45) is 10.3 Å². The highest BCUT2D eigenvalue weighted by molar-refractivity contribution is 6.03. The number of carbonyl (C=O) groups excluding carboxylic acids is 2. The van der Waals surface area contributed by atoms with Gasteiger partial charge < -0.3 is 24.3 Å². The lowest BCUT2D eigenvalue weighted by Crippen LogP contribution is -2.13. The maximum absolute atomic E-state index is 11.5. The molecule has 0 saturated carbocycles. The van der Waals surface area contributed by atoms with Gasteiger partial charge in [0.25, 0.3) is 0 Å². The largest absolute Gasteiger partial charge is 0.492 e. The molecule has 228 valence electrons. The number of nitrogens with one attached hydrogen (secondary N) is 1. The number of nitrogens with zero attached hydrogens (tertiary/aromatic N) is 3. The summed E-state index contributed by atoms with van der Waals surface area (Å²) in [6, 6.07) is 32.1. The Bertz CT molecular complexity index is 1860. The third kappa shape index (κ3) is 7.64. The number of oxime groups is 2. The van der Waals surface area contributed by atoms with E-state index >= 15 is 0 Å². The molecule has 0 unspecified atom stereocenters. The fourth-order valence-electron chi connectivity index (χ4n) is 4.91. The highest BCUT2D eigenvalue weighted by Crippen LogP contribution is 2.40. The van der Waals surface area contributed by atoms with E-state index in [9.17, 15) is 9.59 Å². The van der Waals surface area contributed by atoms with Crippen molar-refractivity contribution in [2.75, 3.05) is 11.5 Å². The lowest BCUT2D eigenvalue weighted by Gasteiger charge is -2.28. The van der Waals surface area contributed by atoms with Crippen LogP contribution >= 0.6 is 0 Å². The first-order valence-corrected chi connectivity index (χ1v) is 14.5. The molecule has 0 radical (unpaired) electrons. The number of aromatic amines is 1. The number of rotatable bonds is 11. The fourth-order valence-corrected chi connectivity index (χ4v) is 4.91. The van der Waals surface area contributed by atoms with Crippen LogP contribution in [0.25, 0.3) is 10.8 Å². The van der Waals surface area contributed by atoms with E-state index < -0.39 is 11.9 Å². The van der Waals surface area contributed by atoms with Crippen LogP contribution in [-0.2, 0) is 25.7 Å². The Morgan fingerprint density at radius 2 is 1.42 bits per heavy atom. The second-order valence-electron chi connectivity index (χ2n) is 10.4.